The highest BCUT2D eigenvalue weighted by Gasteiger charge is 2.65. The largest absolute Gasteiger partial charge is 0.352 e. The lowest BCUT2D eigenvalue weighted by atomic mass is 10.0. The van der Waals surface area contributed by atoms with Crippen LogP contribution in [0.15, 0.2) is 0 Å². The smallest absolute Gasteiger partial charge is 0.230 e. The van der Waals surface area contributed by atoms with Crippen LogP contribution in [-0.2, 0) is 4.79 Å². The van der Waals surface area contributed by atoms with Crippen LogP contribution >= 0.6 is 15.9 Å². The number of hydrogen-bond donors (Lipinski definition) is 1. The Hall–Kier alpha value is -0.0500. The molecule has 0 aliphatic heterocycles. The predicted octanol–water partition coefficient (Wildman–Crippen LogP) is 1.93. The van der Waals surface area contributed by atoms with Crippen molar-refractivity contribution in [2.45, 2.75) is 33.7 Å². The molecule has 0 saturated heterocycles. The first kappa shape index (κ1) is 10.0. The molecule has 0 heterocycles. The fourth-order valence-electron chi connectivity index (χ4n) is 1.76. The molecule has 1 aliphatic carbocycles. The fourth-order valence-corrected chi connectivity index (χ4v) is 1.92. The third kappa shape index (κ3) is 1.28. The highest BCUT2D eigenvalue weighted by atomic mass is 79.9. The first-order valence-electron chi connectivity index (χ1n) is 4.19. The van der Waals surface area contributed by atoms with Gasteiger partial charge in [0.25, 0.3) is 0 Å². The second-order valence-electron chi connectivity index (χ2n) is 4.58. The Morgan fingerprint density at radius 2 is 1.75 bits per heavy atom. The molecule has 0 spiro atoms. The van der Waals surface area contributed by atoms with Gasteiger partial charge in [-0.1, -0.05) is 43.6 Å². The predicted molar refractivity (Wildman–Crippen MR) is 53.3 cm³/mol. The summed E-state index contributed by atoms with van der Waals surface area (Å²) in [6.07, 6.45) is 0. The molecule has 12 heavy (non-hydrogen) atoms. The fraction of sp³-hybridized carbons (Fsp3) is 0.889. The highest BCUT2D eigenvalue weighted by molar-refractivity contribution is 9.09. The molecule has 0 radical (unpaired) electrons. The summed E-state index contributed by atoms with van der Waals surface area (Å²) in [6, 6.07) is 0.329. The Kier molecular flexibility index (Phi) is 2.28. The van der Waals surface area contributed by atoms with Gasteiger partial charge < -0.3 is 5.32 Å². The normalized spacial score (nSPS) is 25.1. The van der Waals surface area contributed by atoms with Gasteiger partial charge in [0.2, 0.25) is 5.91 Å². The van der Waals surface area contributed by atoms with E-state index in [0.717, 1.165) is 0 Å². The average Bonchev–Trinajstić information content (AvgIpc) is 2.32. The van der Waals surface area contributed by atoms with Gasteiger partial charge >= 0.3 is 0 Å². The molecule has 1 fully saturated rings. The molecule has 0 unspecified atom stereocenters. The van der Waals surface area contributed by atoms with Crippen LogP contribution in [0, 0.1) is 10.8 Å². The van der Waals surface area contributed by atoms with Crippen LogP contribution < -0.4 is 5.32 Å². The quantitative estimate of drug-likeness (QED) is 0.727. The third-order valence-corrected chi connectivity index (χ3v) is 3.96. The van der Waals surface area contributed by atoms with E-state index in [1.807, 2.05) is 0 Å². The van der Waals surface area contributed by atoms with Crippen molar-refractivity contribution in [2.75, 3.05) is 5.33 Å². The van der Waals surface area contributed by atoms with Crippen LogP contribution in [0.2, 0.25) is 0 Å². The van der Waals surface area contributed by atoms with Gasteiger partial charge in [-0.2, -0.15) is 0 Å². The SMILES string of the molecule is CC1(C)C(NC(=O)CBr)C1(C)C. The summed E-state index contributed by atoms with van der Waals surface area (Å²) in [5.74, 6) is 0.0821. The van der Waals surface area contributed by atoms with Crippen molar-refractivity contribution in [3.8, 4) is 0 Å². The van der Waals surface area contributed by atoms with Crippen molar-refractivity contribution in [2.24, 2.45) is 10.8 Å². The van der Waals surface area contributed by atoms with E-state index in [9.17, 15) is 4.79 Å². The Balaban J connectivity index is 2.54. The number of hydrogen-bond acceptors (Lipinski definition) is 1. The number of alkyl halides is 1. The zero-order valence-corrected chi connectivity index (χ0v) is 9.66. The maximum Gasteiger partial charge on any atom is 0.230 e. The lowest BCUT2D eigenvalue weighted by Crippen LogP contribution is -2.30. The van der Waals surface area contributed by atoms with Crippen LogP contribution in [0.3, 0.4) is 0 Å². The molecule has 1 amide bonds. The minimum Gasteiger partial charge on any atom is -0.352 e. The van der Waals surface area contributed by atoms with Gasteiger partial charge in [0.15, 0.2) is 0 Å². The van der Waals surface area contributed by atoms with Crippen LogP contribution in [0.25, 0.3) is 0 Å². The summed E-state index contributed by atoms with van der Waals surface area (Å²) >= 11 is 3.13. The standard InChI is InChI=1S/C9H16BrNO/c1-8(2)7(9(8,3)4)11-6(12)5-10/h7H,5H2,1-4H3,(H,11,12). The molecule has 0 aromatic carbocycles. The molecule has 70 valence electrons. The maximum atomic E-state index is 11.1. The van der Waals surface area contributed by atoms with Crippen LogP contribution in [0.5, 0.6) is 0 Å². The minimum atomic E-state index is 0.0821. The van der Waals surface area contributed by atoms with Crippen molar-refractivity contribution < 1.29 is 4.79 Å². The van der Waals surface area contributed by atoms with E-state index in [-0.39, 0.29) is 16.7 Å². The number of amides is 1. The first-order valence-corrected chi connectivity index (χ1v) is 5.31. The molecule has 2 nitrogen and oxygen atoms in total. The topological polar surface area (TPSA) is 29.1 Å². The number of carbonyl (C=O) groups is 1. The molecule has 0 aromatic rings. The summed E-state index contributed by atoms with van der Waals surface area (Å²) in [6.45, 7) is 8.75. The third-order valence-electron chi connectivity index (χ3n) is 3.45. The molecule has 1 saturated carbocycles. The van der Waals surface area contributed by atoms with Crippen LogP contribution in [-0.4, -0.2) is 17.3 Å². The van der Waals surface area contributed by atoms with Gasteiger partial charge in [0.05, 0.1) is 5.33 Å². The zero-order valence-electron chi connectivity index (χ0n) is 8.07. The van der Waals surface area contributed by atoms with Gasteiger partial charge in [-0.15, -0.1) is 0 Å². The number of nitrogens with one attached hydrogen (secondary N) is 1. The molecular weight excluding hydrogens is 218 g/mol. The van der Waals surface area contributed by atoms with Crippen molar-refractivity contribution in [1.82, 2.24) is 5.32 Å². The van der Waals surface area contributed by atoms with Crippen LogP contribution in [0.1, 0.15) is 27.7 Å². The van der Waals surface area contributed by atoms with Crippen molar-refractivity contribution in [1.29, 1.82) is 0 Å². The average molecular weight is 234 g/mol. The second-order valence-corrected chi connectivity index (χ2v) is 5.14. The molecule has 0 bridgehead atoms. The summed E-state index contributed by atoms with van der Waals surface area (Å²) in [5.41, 5.74) is 0.482. The molecular formula is C9H16BrNO. The number of halogens is 1. The van der Waals surface area contributed by atoms with E-state index in [1.54, 1.807) is 0 Å². The number of carbonyl (C=O) groups excluding carboxylic acids is 1. The van der Waals surface area contributed by atoms with E-state index < -0.39 is 0 Å². The number of rotatable bonds is 2. The second kappa shape index (κ2) is 2.72. The Morgan fingerprint density at radius 1 is 1.33 bits per heavy atom. The van der Waals surface area contributed by atoms with Gasteiger partial charge in [-0.05, 0) is 10.8 Å². The summed E-state index contributed by atoms with van der Waals surface area (Å²) in [5, 5.41) is 3.40. The monoisotopic (exact) mass is 233 g/mol. The maximum absolute atomic E-state index is 11.1. The van der Waals surface area contributed by atoms with E-state index in [4.69, 9.17) is 0 Å². The zero-order chi connectivity index (χ0) is 9.57. The summed E-state index contributed by atoms with van der Waals surface area (Å²) < 4.78 is 0. The Labute approximate surface area is 82.2 Å². The lowest BCUT2D eigenvalue weighted by Gasteiger charge is -2.03. The highest BCUT2D eigenvalue weighted by Crippen LogP contribution is 2.62. The first-order chi connectivity index (χ1) is 5.34. The molecule has 1 rings (SSSR count). The Morgan fingerprint density at radius 3 is 2.00 bits per heavy atom. The van der Waals surface area contributed by atoms with Gasteiger partial charge in [0, 0.05) is 6.04 Å². The van der Waals surface area contributed by atoms with Crippen molar-refractivity contribution >= 4 is 21.8 Å². The van der Waals surface area contributed by atoms with Gasteiger partial charge in [-0.3, -0.25) is 4.79 Å². The molecule has 0 atom stereocenters. The van der Waals surface area contributed by atoms with E-state index >= 15 is 0 Å². The van der Waals surface area contributed by atoms with Gasteiger partial charge in [0.1, 0.15) is 0 Å². The Bertz CT molecular complexity index is 197. The van der Waals surface area contributed by atoms with Gasteiger partial charge in [-0.25, -0.2) is 0 Å². The van der Waals surface area contributed by atoms with E-state index in [2.05, 4.69) is 48.9 Å². The van der Waals surface area contributed by atoms with Crippen LogP contribution in [0.4, 0.5) is 0 Å². The minimum absolute atomic E-state index is 0.0821. The summed E-state index contributed by atoms with van der Waals surface area (Å²) in [4.78, 5) is 11.1. The summed E-state index contributed by atoms with van der Waals surface area (Å²) in [7, 11) is 0. The van der Waals surface area contributed by atoms with Crippen molar-refractivity contribution in [3.05, 3.63) is 0 Å². The molecule has 0 aromatic heterocycles. The molecule has 3 heteroatoms. The molecule has 1 aliphatic rings. The van der Waals surface area contributed by atoms with Crippen molar-refractivity contribution in [3.63, 3.8) is 0 Å². The lowest BCUT2D eigenvalue weighted by molar-refractivity contribution is -0.118. The van der Waals surface area contributed by atoms with E-state index in [0.29, 0.717) is 11.4 Å². The molecule has 1 N–H and O–H groups in total. The van der Waals surface area contributed by atoms with E-state index in [1.165, 1.54) is 0 Å².